The van der Waals surface area contributed by atoms with Crippen molar-refractivity contribution in [1.29, 1.82) is 0 Å². The Kier molecular flexibility index (Phi) is 5.78. The zero-order valence-electron chi connectivity index (χ0n) is 18.7. The molecule has 2 aromatic rings. The minimum Gasteiger partial charge on any atom is -0.388 e. The number of anilines is 1. The van der Waals surface area contributed by atoms with Crippen molar-refractivity contribution in [3.05, 3.63) is 77.0 Å². The van der Waals surface area contributed by atoms with Gasteiger partial charge in [-0.2, -0.15) is 0 Å². The molecule has 2 fully saturated rings. The van der Waals surface area contributed by atoms with E-state index in [-0.39, 0.29) is 47.7 Å². The van der Waals surface area contributed by atoms with E-state index in [0.717, 1.165) is 10.5 Å². The fourth-order valence-electron chi connectivity index (χ4n) is 4.88. The van der Waals surface area contributed by atoms with Gasteiger partial charge in [-0.25, -0.2) is 0 Å². The fourth-order valence-corrected chi connectivity index (χ4v) is 4.88. The number of piperidine rings is 1. The number of imide groups is 2. The summed E-state index contributed by atoms with van der Waals surface area (Å²) >= 11 is 0. The third kappa shape index (κ3) is 4.15. The van der Waals surface area contributed by atoms with E-state index in [0.29, 0.717) is 12.1 Å². The number of carbonyl (C=O) groups excluding carboxylic acids is 5. The van der Waals surface area contributed by atoms with Gasteiger partial charge in [0.15, 0.2) is 5.78 Å². The van der Waals surface area contributed by atoms with Gasteiger partial charge in [-0.1, -0.05) is 30.3 Å². The van der Waals surface area contributed by atoms with Crippen molar-refractivity contribution in [3.8, 4) is 0 Å². The van der Waals surface area contributed by atoms with Crippen molar-refractivity contribution in [3.63, 3.8) is 0 Å². The van der Waals surface area contributed by atoms with Gasteiger partial charge in [-0.3, -0.25) is 34.2 Å². The average molecular weight is 473 g/mol. The second-order valence-corrected chi connectivity index (χ2v) is 8.94. The van der Waals surface area contributed by atoms with Crippen molar-refractivity contribution < 1.29 is 29.1 Å². The predicted molar refractivity (Wildman–Crippen MR) is 124 cm³/mol. The number of nitrogens with zero attached hydrogens (tertiary/aromatic N) is 1. The zero-order chi connectivity index (χ0) is 24.7. The molecule has 0 radical (unpaired) electrons. The average Bonchev–Trinajstić information content (AvgIpc) is 3.08. The SMILES string of the molecule is O=C1CCC(N2C(=O)c3ccc(N/C=C4\C(=O)CC(c5ccccc5)CC4O)cc3C2=O)C(=O)N1. The largest absolute Gasteiger partial charge is 0.388 e. The van der Waals surface area contributed by atoms with Crippen LogP contribution in [0.5, 0.6) is 0 Å². The normalized spacial score (nSPS) is 25.6. The summed E-state index contributed by atoms with van der Waals surface area (Å²) in [6, 6.07) is 13.1. The Balaban J connectivity index is 1.31. The van der Waals surface area contributed by atoms with Crippen LogP contribution in [0, 0.1) is 0 Å². The van der Waals surface area contributed by atoms with E-state index in [1.54, 1.807) is 6.07 Å². The summed E-state index contributed by atoms with van der Waals surface area (Å²) in [5.41, 5.74) is 2.01. The number of aliphatic hydroxyl groups excluding tert-OH is 1. The maximum absolute atomic E-state index is 13.0. The molecule has 178 valence electrons. The molecule has 0 spiro atoms. The van der Waals surface area contributed by atoms with Crippen LogP contribution in [0.25, 0.3) is 0 Å². The first-order valence-corrected chi connectivity index (χ1v) is 11.4. The third-order valence-electron chi connectivity index (χ3n) is 6.73. The van der Waals surface area contributed by atoms with E-state index < -0.39 is 35.8 Å². The lowest BCUT2D eigenvalue weighted by atomic mass is 9.79. The molecule has 9 nitrogen and oxygen atoms in total. The number of ketones is 1. The van der Waals surface area contributed by atoms with Crippen LogP contribution < -0.4 is 10.6 Å². The molecule has 35 heavy (non-hydrogen) atoms. The first kappa shape index (κ1) is 22.7. The van der Waals surface area contributed by atoms with E-state index in [2.05, 4.69) is 10.6 Å². The molecule has 3 atom stereocenters. The molecule has 1 aliphatic carbocycles. The maximum Gasteiger partial charge on any atom is 0.262 e. The second kappa shape index (κ2) is 8.92. The smallest absolute Gasteiger partial charge is 0.262 e. The molecule has 1 saturated carbocycles. The molecule has 2 aromatic carbocycles. The standard InChI is InChI=1S/C26H23N3O6/c30-21-10-15(14-4-2-1-3-5-14)11-22(31)19(21)13-27-16-6-7-17-18(12-16)26(35)29(25(17)34)20-8-9-23(32)28-24(20)33/h1-7,12-13,15,20-21,27,30H,8-11H2,(H,28,32,33)/b19-13-. The van der Waals surface area contributed by atoms with Gasteiger partial charge in [-0.15, -0.1) is 0 Å². The minimum atomic E-state index is -1.04. The Bertz CT molecular complexity index is 1290. The van der Waals surface area contributed by atoms with E-state index in [1.807, 2.05) is 30.3 Å². The number of benzene rings is 2. The lowest BCUT2D eigenvalue weighted by molar-refractivity contribution is -0.136. The number of rotatable bonds is 4. The van der Waals surface area contributed by atoms with E-state index >= 15 is 0 Å². The van der Waals surface area contributed by atoms with Gasteiger partial charge in [0.25, 0.3) is 11.8 Å². The number of carbonyl (C=O) groups is 5. The molecule has 3 unspecified atom stereocenters. The number of amides is 4. The highest BCUT2D eigenvalue weighted by Gasteiger charge is 2.44. The molecule has 3 aliphatic rings. The van der Waals surface area contributed by atoms with Crippen LogP contribution in [0.3, 0.4) is 0 Å². The number of hydrogen-bond acceptors (Lipinski definition) is 7. The predicted octanol–water partition coefficient (Wildman–Crippen LogP) is 1.89. The van der Waals surface area contributed by atoms with Crippen LogP contribution in [0.2, 0.25) is 0 Å². The molecular weight excluding hydrogens is 450 g/mol. The lowest BCUT2D eigenvalue weighted by Crippen LogP contribution is -2.54. The third-order valence-corrected chi connectivity index (χ3v) is 6.73. The Morgan fingerprint density at radius 1 is 0.971 bits per heavy atom. The van der Waals surface area contributed by atoms with Crippen molar-refractivity contribution in [2.45, 2.75) is 43.7 Å². The molecular formula is C26H23N3O6. The fraction of sp³-hybridized carbons (Fsp3) is 0.269. The number of fused-ring (bicyclic) bond motifs is 1. The van der Waals surface area contributed by atoms with Gasteiger partial charge in [0.1, 0.15) is 6.04 Å². The van der Waals surface area contributed by atoms with E-state index in [9.17, 15) is 29.1 Å². The highest BCUT2D eigenvalue weighted by Crippen LogP contribution is 2.34. The van der Waals surface area contributed by atoms with Crippen LogP contribution in [0.15, 0.2) is 60.3 Å². The monoisotopic (exact) mass is 473 g/mol. The molecule has 0 aromatic heterocycles. The minimum absolute atomic E-state index is 0.0473. The molecule has 3 N–H and O–H groups in total. The topological polar surface area (TPSA) is 133 Å². The van der Waals surface area contributed by atoms with Crippen molar-refractivity contribution in [1.82, 2.24) is 10.2 Å². The first-order chi connectivity index (χ1) is 16.8. The van der Waals surface area contributed by atoms with Gasteiger partial charge < -0.3 is 10.4 Å². The Hall–Kier alpha value is -4.11. The Labute approximate surface area is 200 Å². The highest BCUT2D eigenvalue weighted by molar-refractivity contribution is 6.23. The molecule has 5 rings (SSSR count). The maximum atomic E-state index is 13.0. The summed E-state index contributed by atoms with van der Waals surface area (Å²) in [6.07, 6.45) is 1.33. The van der Waals surface area contributed by atoms with Crippen LogP contribution in [-0.2, 0) is 14.4 Å². The summed E-state index contributed by atoms with van der Waals surface area (Å²) in [6.45, 7) is 0. The Morgan fingerprint density at radius 2 is 1.71 bits per heavy atom. The van der Waals surface area contributed by atoms with Gasteiger partial charge in [-0.05, 0) is 42.5 Å². The van der Waals surface area contributed by atoms with Crippen LogP contribution in [0.1, 0.15) is 57.9 Å². The molecule has 2 aliphatic heterocycles. The molecule has 0 bridgehead atoms. The summed E-state index contributed by atoms with van der Waals surface area (Å²) in [4.78, 5) is 63.0. The highest BCUT2D eigenvalue weighted by atomic mass is 16.3. The number of nitrogens with one attached hydrogen (secondary N) is 2. The van der Waals surface area contributed by atoms with Crippen molar-refractivity contribution in [2.75, 3.05) is 5.32 Å². The molecule has 9 heteroatoms. The van der Waals surface area contributed by atoms with Crippen molar-refractivity contribution in [2.24, 2.45) is 0 Å². The lowest BCUT2D eigenvalue weighted by Gasteiger charge is -2.27. The molecule has 4 amide bonds. The zero-order valence-corrected chi connectivity index (χ0v) is 18.7. The van der Waals surface area contributed by atoms with Crippen LogP contribution in [0.4, 0.5) is 5.69 Å². The van der Waals surface area contributed by atoms with E-state index in [1.165, 1.54) is 18.3 Å². The molecule has 2 heterocycles. The molecule has 1 saturated heterocycles. The summed E-state index contributed by atoms with van der Waals surface area (Å²) in [5.74, 6) is -2.53. The van der Waals surface area contributed by atoms with Crippen LogP contribution >= 0.6 is 0 Å². The Morgan fingerprint density at radius 3 is 2.43 bits per heavy atom. The van der Waals surface area contributed by atoms with E-state index in [4.69, 9.17) is 0 Å². The van der Waals surface area contributed by atoms with Gasteiger partial charge in [0.05, 0.1) is 17.2 Å². The summed E-state index contributed by atoms with van der Waals surface area (Å²) in [7, 11) is 0. The van der Waals surface area contributed by atoms with Crippen molar-refractivity contribution >= 4 is 35.1 Å². The first-order valence-electron chi connectivity index (χ1n) is 11.4. The number of Topliss-reactive ketones (excluding diaryl/α,β-unsaturated/α-hetero) is 1. The quantitative estimate of drug-likeness (QED) is 0.456. The number of hydrogen-bond donors (Lipinski definition) is 3. The summed E-state index contributed by atoms with van der Waals surface area (Å²) in [5, 5.41) is 15.7. The number of aliphatic hydroxyl groups is 1. The van der Waals surface area contributed by atoms with Gasteiger partial charge >= 0.3 is 0 Å². The second-order valence-electron chi connectivity index (χ2n) is 8.94. The van der Waals surface area contributed by atoms with Crippen LogP contribution in [-0.4, -0.2) is 51.6 Å². The van der Waals surface area contributed by atoms with Gasteiger partial charge in [0, 0.05) is 30.3 Å². The summed E-state index contributed by atoms with van der Waals surface area (Å²) < 4.78 is 0. The van der Waals surface area contributed by atoms with Gasteiger partial charge in [0.2, 0.25) is 11.8 Å².